The van der Waals surface area contributed by atoms with E-state index in [0.717, 1.165) is 37.7 Å². The van der Waals surface area contributed by atoms with Crippen molar-refractivity contribution in [2.75, 3.05) is 13.7 Å². The van der Waals surface area contributed by atoms with Gasteiger partial charge in [0.1, 0.15) is 5.54 Å². The molecule has 1 aliphatic rings. The highest BCUT2D eigenvalue weighted by molar-refractivity contribution is 6.31. The van der Waals surface area contributed by atoms with Gasteiger partial charge >= 0.3 is 5.97 Å². The fourth-order valence-corrected chi connectivity index (χ4v) is 3.50. The van der Waals surface area contributed by atoms with Crippen LogP contribution in [0.5, 0.6) is 0 Å². The second kappa shape index (κ2) is 10.0. The van der Waals surface area contributed by atoms with Crippen LogP contribution in [0.3, 0.4) is 0 Å². The van der Waals surface area contributed by atoms with E-state index < -0.39 is 5.54 Å². The summed E-state index contributed by atoms with van der Waals surface area (Å²) in [5, 5.41) is 4.08. The largest absolute Gasteiger partial charge is 0.469 e. The molecule has 1 aromatic carbocycles. The number of hydrogen-bond acceptors (Lipinski definition) is 4. The van der Waals surface area contributed by atoms with Gasteiger partial charge in [0, 0.05) is 17.9 Å². The summed E-state index contributed by atoms with van der Waals surface area (Å²) in [6.07, 6.45) is 5.26. The lowest BCUT2D eigenvalue weighted by Crippen LogP contribution is -2.51. The van der Waals surface area contributed by atoms with Crippen molar-refractivity contribution in [3.8, 4) is 0 Å². The molecule has 1 N–H and O–H groups in total. The molecule has 2 rings (SSSR count). The lowest BCUT2D eigenvalue weighted by Gasteiger charge is -2.38. The Bertz CT molecular complexity index is 565. The van der Waals surface area contributed by atoms with Gasteiger partial charge in [-0.3, -0.25) is 9.59 Å². The number of carbonyl (C=O) groups is 2. The third kappa shape index (κ3) is 4.95. The number of esters is 1. The Labute approximate surface area is 154 Å². The number of rotatable bonds is 7. The first-order valence-electron chi connectivity index (χ1n) is 8.20. The van der Waals surface area contributed by atoms with Crippen molar-refractivity contribution in [3.05, 3.63) is 34.9 Å². The molecule has 0 unspecified atom stereocenters. The molecular formula is C18H25Cl2NO3. The Morgan fingerprint density at radius 1 is 1.29 bits per heavy atom. The summed E-state index contributed by atoms with van der Waals surface area (Å²) >= 11 is 6.36. The van der Waals surface area contributed by atoms with Gasteiger partial charge in [-0.2, -0.15) is 0 Å². The van der Waals surface area contributed by atoms with Gasteiger partial charge in [0.25, 0.3) is 0 Å². The zero-order valence-electron chi connectivity index (χ0n) is 14.0. The maximum absolute atomic E-state index is 12.7. The third-order valence-corrected chi connectivity index (χ3v) is 4.81. The molecule has 0 aromatic heterocycles. The number of Topliss-reactive ketones (excluding diaryl/α,β-unsaturated/α-hetero) is 1. The summed E-state index contributed by atoms with van der Waals surface area (Å²) in [7, 11) is 1.40. The Hall–Kier alpha value is -1.10. The van der Waals surface area contributed by atoms with Crippen LogP contribution in [0.4, 0.5) is 0 Å². The number of halogens is 2. The van der Waals surface area contributed by atoms with Crippen molar-refractivity contribution in [2.45, 2.75) is 50.5 Å². The predicted molar refractivity (Wildman–Crippen MR) is 97.7 cm³/mol. The molecule has 1 aromatic rings. The molecule has 0 saturated heterocycles. The standard InChI is InChI=1S/C18H24ClNO3.ClH/c1-23-17(22)11-5-7-13-20-18(12-6-4-10-16(18)21)14-8-2-3-9-15(14)19;/h2-3,8-9,20H,4-7,10-13H2,1H3;1H/t18-;/m0./s1. The van der Waals surface area contributed by atoms with Crippen molar-refractivity contribution >= 4 is 35.8 Å². The molecule has 0 aliphatic heterocycles. The summed E-state index contributed by atoms with van der Waals surface area (Å²) in [6, 6.07) is 7.57. The lowest BCUT2D eigenvalue weighted by molar-refractivity contribution is -0.140. The molecule has 0 bridgehead atoms. The summed E-state index contributed by atoms with van der Waals surface area (Å²) in [6.45, 7) is 0.675. The quantitative estimate of drug-likeness (QED) is 0.578. The third-order valence-electron chi connectivity index (χ3n) is 4.48. The number of nitrogens with one attached hydrogen (secondary N) is 1. The van der Waals surface area contributed by atoms with Crippen LogP contribution >= 0.6 is 24.0 Å². The summed E-state index contributed by atoms with van der Waals surface area (Å²) < 4.78 is 4.64. The number of ether oxygens (including phenoxy) is 1. The first-order valence-corrected chi connectivity index (χ1v) is 8.58. The predicted octanol–water partition coefficient (Wildman–Crippen LogP) is 4.03. The van der Waals surface area contributed by atoms with E-state index in [-0.39, 0.29) is 24.2 Å². The number of benzene rings is 1. The average molecular weight is 374 g/mol. The van der Waals surface area contributed by atoms with Crippen LogP contribution in [0, 0.1) is 0 Å². The van der Waals surface area contributed by atoms with E-state index in [1.807, 2.05) is 24.3 Å². The van der Waals surface area contributed by atoms with Gasteiger partial charge in [0.15, 0.2) is 5.78 Å². The van der Waals surface area contributed by atoms with Gasteiger partial charge in [-0.05, 0) is 43.9 Å². The molecule has 6 heteroatoms. The highest BCUT2D eigenvalue weighted by Gasteiger charge is 2.41. The monoisotopic (exact) mass is 373 g/mol. The summed E-state index contributed by atoms with van der Waals surface area (Å²) in [5.74, 6) is 0.0179. The first-order chi connectivity index (χ1) is 11.1. The van der Waals surface area contributed by atoms with E-state index in [0.29, 0.717) is 24.4 Å². The first kappa shape index (κ1) is 20.9. The van der Waals surface area contributed by atoms with Gasteiger partial charge in [-0.25, -0.2) is 0 Å². The molecule has 0 amide bonds. The molecule has 1 fully saturated rings. The Kier molecular flexibility index (Phi) is 8.74. The van der Waals surface area contributed by atoms with Crippen molar-refractivity contribution < 1.29 is 14.3 Å². The molecular weight excluding hydrogens is 349 g/mol. The highest BCUT2D eigenvalue weighted by atomic mass is 35.5. The molecule has 0 spiro atoms. The van der Waals surface area contributed by atoms with Crippen molar-refractivity contribution in [2.24, 2.45) is 0 Å². The number of carbonyl (C=O) groups excluding carboxylic acids is 2. The number of ketones is 1. The molecule has 134 valence electrons. The minimum Gasteiger partial charge on any atom is -0.469 e. The maximum atomic E-state index is 12.7. The second-order valence-corrected chi connectivity index (χ2v) is 6.38. The lowest BCUT2D eigenvalue weighted by atomic mass is 9.75. The fraction of sp³-hybridized carbons (Fsp3) is 0.556. The number of methoxy groups -OCH3 is 1. The maximum Gasteiger partial charge on any atom is 0.305 e. The van der Waals surface area contributed by atoms with Gasteiger partial charge in [-0.15, -0.1) is 12.4 Å². The molecule has 1 aliphatic carbocycles. The molecule has 4 nitrogen and oxygen atoms in total. The number of hydrogen-bond donors (Lipinski definition) is 1. The van der Waals surface area contributed by atoms with Crippen LogP contribution in [0.1, 0.15) is 50.5 Å². The second-order valence-electron chi connectivity index (χ2n) is 5.98. The minimum absolute atomic E-state index is 0. The number of unbranched alkanes of at least 4 members (excludes halogenated alkanes) is 1. The Morgan fingerprint density at radius 2 is 2.04 bits per heavy atom. The fourth-order valence-electron chi connectivity index (χ4n) is 3.20. The molecule has 1 atom stereocenters. The smallest absolute Gasteiger partial charge is 0.305 e. The Morgan fingerprint density at radius 3 is 2.71 bits per heavy atom. The van der Waals surface area contributed by atoms with E-state index in [9.17, 15) is 9.59 Å². The zero-order chi connectivity index (χ0) is 16.7. The minimum atomic E-state index is -0.679. The highest BCUT2D eigenvalue weighted by Crippen LogP contribution is 2.37. The van der Waals surface area contributed by atoms with E-state index >= 15 is 0 Å². The van der Waals surface area contributed by atoms with Crippen LogP contribution < -0.4 is 5.32 Å². The van der Waals surface area contributed by atoms with Crippen molar-refractivity contribution in [1.82, 2.24) is 5.32 Å². The molecule has 24 heavy (non-hydrogen) atoms. The molecule has 0 heterocycles. The van der Waals surface area contributed by atoms with Crippen LogP contribution in [0.15, 0.2) is 24.3 Å². The normalized spacial score (nSPS) is 20.3. The van der Waals surface area contributed by atoms with Gasteiger partial charge in [0.05, 0.1) is 7.11 Å². The topological polar surface area (TPSA) is 55.4 Å². The summed E-state index contributed by atoms with van der Waals surface area (Å²) in [4.78, 5) is 23.8. The van der Waals surface area contributed by atoms with Crippen LogP contribution in [-0.4, -0.2) is 25.4 Å². The van der Waals surface area contributed by atoms with E-state index in [2.05, 4.69) is 10.1 Å². The van der Waals surface area contributed by atoms with Crippen molar-refractivity contribution in [3.63, 3.8) is 0 Å². The van der Waals surface area contributed by atoms with Crippen LogP contribution in [-0.2, 0) is 19.9 Å². The molecule has 1 saturated carbocycles. The van der Waals surface area contributed by atoms with Crippen molar-refractivity contribution in [1.29, 1.82) is 0 Å². The SMILES string of the molecule is COC(=O)CCCCN[C@]1(c2ccccc2Cl)CCCCC1=O.Cl. The summed E-state index contributed by atoms with van der Waals surface area (Å²) in [5.41, 5.74) is 0.196. The van der Waals surface area contributed by atoms with Crippen LogP contribution in [0.25, 0.3) is 0 Å². The zero-order valence-corrected chi connectivity index (χ0v) is 15.5. The van der Waals surface area contributed by atoms with E-state index in [1.165, 1.54) is 7.11 Å². The van der Waals surface area contributed by atoms with Gasteiger partial charge < -0.3 is 10.1 Å². The Balaban J connectivity index is 0.00000288. The van der Waals surface area contributed by atoms with Crippen LogP contribution in [0.2, 0.25) is 5.02 Å². The van der Waals surface area contributed by atoms with Gasteiger partial charge in [0.2, 0.25) is 0 Å². The van der Waals surface area contributed by atoms with E-state index in [4.69, 9.17) is 11.6 Å². The molecule has 0 radical (unpaired) electrons. The van der Waals surface area contributed by atoms with Gasteiger partial charge in [-0.1, -0.05) is 36.2 Å². The van der Waals surface area contributed by atoms with E-state index in [1.54, 1.807) is 0 Å². The average Bonchev–Trinajstić information content (AvgIpc) is 2.56.